The molecule has 180 valence electrons. The van der Waals surface area contributed by atoms with Crippen molar-refractivity contribution in [2.45, 2.75) is 25.3 Å². The molecule has 0 spiro atoms. The van der Waals surface area contributed by atoms with Crippen LogP contribution in [0, 0.1) is 5.92 Å². The van der Waals surface area contributed by atoms with Crippen molar-refractivity contribution in [3.8, 4) is 5.75 Å². The first-order chi connectivity index (χ1) is 15.8. The van der Waals surface area contributed by atoms with Gasteiger partial charge in [-0.05, 0) is 68.1 Å². The molecule has 0 radical (unpaired) electrons. The number of hydrogen-bond acceptors (Lipinski definition) is 4. The zero-order valence-electron chi connectivity index (χ0n) is 19.9. The molecule has 2 N–H and O–H groups in total. The number of likely N-dealkylation sites (tertiary alicyclic amines) is 1. The topological polar surface area (TPSA) is 52.1 Å². The lowest BCUT2D eigenvalue weighted by Gasteiger charge is -2.29. The molecule has 2 unspecified atom stereocenters. The number of para-hydroxylation sites is 1. The fourth-order valence-electron chi connectivity index (χ4n) is 4.89. The predicted molar refractivity (Wildman–Crippen MR) is 148 cm³/mol. The van der Waals surface area contributed by atoms with Gasteiger partial charge >= 0.3 is 0 Å². The van der Waals surface area contributed by atoms with Crippen LogP contribution < -0.4 is 20.3 Å². The standard InChI is InChI=1S/C26H37N5O.HI/c1-27-26(28-18-21-13-16-31(20-21)23-10-4-3-5-11-23)29-19-25(30-14-6-7-15-30)22-9-8-12-24(17-22)32-2;/h3-5,8-12,17,21,25H,6-7,13-16,18-20H2,1-2H3,(H2,27,28,29);1H. The number of methoxy groups -OCH3 is 1. The number of aliphatic imine (C=N–C) groups is 1. The van der Waals surface area contributed by atoms with Gasteiger partial charge in [0.2, 0.25) is 0 Å². The lowest BCUT2D eigenvalue weighted by Crippen LogP contribution is -2.44. The van der Waals surface area contributed by atoms with Crippen molar-refractivity contribution < 1.29 is 4.74 Å². The van der Waals surface area contributed by atoms with Crippen LogP contribution in [0.5, 0.6) is 5.75 Å². The molecule has 33 heavy (non-hydrogen) atoms. The van der Waals surface area contributed by atoms with Crippen LogP contribution >= 0.6 is 24.0 Å². The van der Waals surface area contributed by atoms with Gasteiger partial charge in [-0.2, -0.15) is 0 Å². The van der Waals surface area contributed by atoms with Gasteiger partial charge in [0.15, 0.2) is 5.96 Å². The van der Waals surface area contributed by atoms with Gasteiger partial charge in [-0.15, -0.1) is 24.0 Å². The molecule has 2 fully saturated rings. The number of guanidine groups is 1. The van der Waals surface area contributed by atoms with Crippen molar-refractivity contribution in [1.29, 1.82) is 0 Å². The zero-order valence-corrected chi connectivity index (χ0v) is 22.2. The Labute approximate surface area is 215 Å². The Hall–Kier alpha value is -2.00. The number of halogens is 1. The first kappa shape index (κ1) is 25.6. The van der Waals surface area contributed by atoms with E-state index in [2.05, 4.69) is 74.0 Å². The molecule has 2 aliphatic rings. The van der Waals surface area contributed by atoms with E-state index in [9.17, 15) is 0 Å². The van der Waals surface area contributed by atoms with Crippen LogP contribution in [-0.4, -0.2) is 64.3 Å². The number of hydrogen-bond donors (Lipinski definition) is 2. The Morgan fingerprint density at radius 1 is 1.06 bits per heavy atom. The average molecular weight is 564 g/mol. The summed E-state index contributed by atoms with van der Waals surface area (Å²) in [5, 5.41) is 7.16. The predicted octanol–water partition coefficient (Wildman–Crippen LogP) is 4.14. The van der Waals surface area contributed by atoms with E-state index in [4.69, 9.17) is 4.74 Å². The second-order valence-corrected chi connectivity index (χ2v) is 8.81. The minimum absolute atomic E-state index is 0. The lowest BCUT2D eigenvalue weighted by atomic mass is 10.1. The van der Waals surface area contributed by atoms with Crippen molar-refractivity contribution in [3.63, 3.8) is 0 Å². The highest BCUT2D eigenvalue weighted by atomic mass is 127. The number of ether oxygens (including phenoxy) is 1. The van der Waals surface area contributed by atoms with E-state index in [1.54, 1.807) is 7.11 Å². The Kier molecular flexibility index (Phi) is 10.1. The van der Waals surface area contributed by atoms with Gasteiger partial charge in [0.1, 0.15) is 5.75 Å². The van der Waals surface area contributed by atoms with Crippen molar-refractivity contribution in [1.82, 2.24) is 15.5 Å². The molecule has 0 saturated carbocycles. The van der Waals surface area contributed by atoms with Crippen LogP contribution in [0.15, 0.2) is 59.6 Å². The van der Waals surface area contributed by atoms with E-state index in [0.29, 0.717) is 12.0 Å². The fraction of sp³-hybridized carbons (Fsp3) is 0.500. The molecule has 2 atom stereocenters. The average Bonchev–Trinajstić information content (AvgIpc) is 3.55. The van der Waals surface area contributed by atoms with Crippen LogP contribution in [-0.2, 0) is 0 Å². The minimum Gasteiger partial charge on any atom is -0.497 e. The van der Waals surface area contributed by atoms with Crippen molar-refractivity contribution in [2.75, 3.05) is 58.3 Å². The SMILES string of the molecule is CN=C(NCC1CCN(c2ccccc2)C1)NCC(c1cccc(OC)c1)N1CCCC1.I. The van der Waals surface area contributed by atoms with E-state index in [0.717, 1.165) is 51.0 Å². The van der Waals surface area contributed by atoms with Gasteiger partial charge in [-0.1, -0.05) is 30.3 Å². The van der Waals surface area contributed by atoms with Crippen molar-refractivity contribution in [3.05, 3.63) is 60.2 Å². The van der Waals surface area contributed by atoms with Crippen LogP contribution in [0.2, 0.25) is 0 Å². The van der Waals surface area contributed by atoms with Gasteiger partial charge in [-0.3, -0.25) is 9.89 Å². The Morgan fingerprint density at radius 3 is 2.58 bits per heavy atom. The summed E-state index contributed by atoms with van der Waals surface area (Å²) in [5.41, 5.74) is 2.62. The first-order valence-electron chi connectivity index (χ1n) is 11.9. The molecule has 2 saturated heterocycles. The number of nitrogens with one attached hydrogen (secondary N) is 2. The molecule has 2 heterocycles. The minimum atomic E-state index is 0. The van der Waals surface area contributed by atoms with Crippen molar-refractivity contribution >= 4 is 35.6 Å². The molecule has 2 aliphatic heterocycles. The maximum Gasteiger partial charge on any atom is 0.191 e. The fourth-order valence-corrected chi connectivity index (χ4v) is 4.89. The highest BCUT2D eigenvalue weighted by Gasteiger charge is 2.25. The summed E-state index contributed by atoms with van der Waals surface area (Å²) in [7, 11) is 3.59. The maximum absolute atomic E-state index is 5.47. The van der Waals surface area contributed by atoms with Crippen LogP contribution in [0.3, 0.4) is 0 Å². The van der Waals surface area contributed by atoms with Crippen molar-refractivity contribution in [2.24, 2.45) is 10.9 Å². The van der Waals surface area contributed by atoms with Crippen LogP contribution in [0.1, 0.15) is 30.9 Å². The summed E-state index contributed by atoms with van der Waals surface area (Å²) in [6, 6.07) is 19.5. The largest absolute Gasteiger partial charge is 0.497 e. The highest BCUT2D eigenvalue weighted by Crippen LogP contribution is 2.27. The number of benzene rings is 2. The molecular weight excluding hydrogens is 525 g/mol. The number of rotatable bonds is 8. The summed E-state index contributed by atoms with van der Waals surface area (Å²) in [6.07, 6.45) is 3.75. The van der Waals surface area contributed by atoms with Gasteiger partial charge in [0, 0.05) is 38.9 Å². The van der Waals surface area contributed by atoms with E-state index >= 15 is 0 Å². The summed E-state index contributed by atoms with van der Waals surface area (Å²) in [4.78, 5) is 9.54. The highest BCUT2D eigenvalue weighted by molar-refractivity contribution is 14.0. The second-order valence-electron chi connectivity index (χ2n) is 8.81. The summed E-state index contributed by atoms with van der Waals surface area (Å²) < 4.78 is 5.47. The molecule has 0 aromatic heterocycles. The normalized spacial score (nSPS) is 19.8. The van der Waals surface area contributed by atoms with E-state index in [-0.39, 0.29) is 24.0 Å². The quantitative estimate of drug-likeness (QED) is 0.288. The lowest BCUT2D eigenvalue weighted by molar-refractivity contribution is 0.245. The monoisotopic (exact) mass is 563 g/mol. The van der Waals surface area contributed by atoms with Crippen LogP contribution in [0.4, 0.5) is 5.69 Å². The third-order valence-electron chi connectivity index (χ3n) is 6.71. The molecule has 0 amide bonds. The first-order valence-corrected chi connectivity index (χ1v) is 11.9. The number of nitrogens with zero attached hydrogens (tertiary/aromatic N) is 3. The van der Waals surface area contributed by atoms with Gasteiger partial charge < -0.3 is 20.3 Å². The molecule has 2 aromatic carbocycles. The van der Waals surface area contributed by atoms with Gasteiger partial charge in [0.25, 0.3) is 0 Å². The molecular formula is C26H38IN5O. The zero-order chi connectivity index (χ0) is 22.2. The molecule has 0 bridgehead atoms. The maximum atomic E-state index is 5.47. The summed E-state index contributed by atoms with van der Waals surface area (Å²) in [6.45, 7) is 6.27. The Balaban J connectivity index is 0.00000306. The summed E-state index contributed by atoms with van der Waals surface area (Å²) >= 11 is 0. The molecule has 0 aliphatic carbocycles. The van der Waals surface area contributed by atoms with Gasteiger partial charge in [0.05, 0.1) is 13.2 Å². The van der Waals surface area contributed by atoms with E-state index < -0.39 is 0 Å². The molecule has 2 aromatic rings. The molecule has 7 heteroatoms. The van der Waals surface area contributed by atoms with Crippen LogP contribution in [0.25, 0.3) is 0 Å². The third kappa shape index (κ3) is 6.99. The van der Waals surface area contributed by atoms with E-state index in [1.165, 1.54) is 30.5 Å². The smallest absolute Gasteiger partial charge is 0.191 e. The molecule has 6 nitrogen and oxygen atoms in total. The van der Waals surface area contributed by atoms with Gasteiger partial charge in [-0.25, -0.2) is 0 Å². The van der Waals surface area contributed by atoms with E-state index in [1.807, 2.05) is 13.1 Å². The molecule has 4 rings (SSSR count). The second kappa shape index (κ2) is 13.0. The Bertz CT molecular complexity index is 872. The Morgan fingerprint density at radius 2 is 1.85 bits per heavy atom. The summed E-state index contributed by atoms with van der Waals surface area (Å²) in [5.74, 6) is 2.43. The number of anilines is 1. The third-order valence-corrected chi connectivity index (χ3v) is 6.71.